The van der Waals surface area contributed by atoms with Crippen LogP contribution in [0.1, 0.15) is 37.8 Å². The van der Waals surface area contributed by atoms with Crippen LogP contribution in [0, 0.1) is 0 Å². The third kappa shape index (κ3) is 8.79. The van der Waals surface area contributed by atoms with Gasteiger partial charge in [0, 0.05) is 18.5 Å². The van der Waals surface area contributed by atoms with Gasteiger partial charge in [-0.15, -0.1) is 0 Å². The first kappa shape index (κ1) is 26.3. The molecule has 3 aromatic rings. The molecule has 2 N–H and O–H groups in total. The molecule has 0 heterocycles. The van der Waals surface area contributed by atoms with Gasteiger partial charge in [0.25, 0.3) is 5.91 Å². The molecule has 0 aliphatic rings. The molecule has 1 atom stereocenters. The van der Waals surface area contributed by atoms with Crippen LogP contribution in [0.2, 0.25) is 0 Å². The minimum Gasteiger partial charge on any atom is -0.497 e. The molecule has 0 unspecified atom stereocenters. The standard InChI is InChI=1S/C28H30N2O6/c1-20(21-7-4-3-5-8-21)29-27(32)19-35-28(33)10-6-9-26(31)30-22-11-13-24(14-12-22)36-25-17-15-23(34-2)16-18-25/h3-5,7-8,11-18,20H,6,9-10,19H2,1-2H3,(H,29,32)(H,30,31)/t20-/m1/s1. The largest absolute Gasteiger partial charge is 0.497 e. The fraction of sp³-hybridized carbons (Fsp3) is 0.250. The van der Waals surface area contributed by atoms with Crippen LogP contribution in [0.5, 0.6) is 17.2 Å². The summed E-state index contributed by atoms with van der Waals surface area (Å²) in [5.41, 5.74) is 1.58. The Morgan fingerprint density at radius 3 is 2.03 bits per heavy atom. The number of benzene rings is 3. The highest BCUT2D eigenvalue weighted by molar-refractivity contribution is 5.91. The molecule has 2 amide bonds. The second-order valence-corrected chi connectivity index (χ2v) is 8.06. The van der Waals surface area contributed by atoms with Crippen LogP contribution < -0.4 is 20.1 Å². The molecule has 0 aliphatic carbocycles. The highest BCUT2D eigenvalue weighted by Crippen LogP contribution is 2.25. The third-order valence-electron chi connectivity index (χ3n) is 5.26. The highest BCUT2D eigenvalue weighted by Gasteiger charge is 2.12. The first-order chi connectivity index (χ1) is 17.4. The topological polar surface area (TPSA) is 103 Å². The van der Waals surface area contributed by atoms with Crippen molar-refractivity contribution >= 4 is 23.5 Å². The van der Waals surface area contributed by atoms with Crippen LogP contribution in [0.15, 0.2) is 78.9 Å². The number of nitrogens with one attached hydrogen (secondary N) is 2. The van der Waals surface area contributed by atoms with Gasteiger partial charge in [0.05, 0.1) is 13.2 Å². The summed E-state index contributed by atoms with van der Waals surface area (Å²) in [7, 11) is 1.60. The summed E-state index contributed by atoms with van der Waals surface area (Å²) in [4.78, 5) is 36.1. The second kappa shape index (κ2) is 13.5. The Hall–Kier alpha value is -4.33. The smallest absolute Gasteiger partial charge is 0.306 e. The maximum absolute atomic E-state index is 12.2. The molecule has 0 saturated carbocycles. The molecule has 0 radical (unpaired) electrons. The summed E-state index contributed by atoms with van der Waals surface area (Å²) in [5, 5.41) is 5.56. The Bertz CT molecular complexity index is 1130. The average molecular weight is 491 g/mol. The molecule has 0 aromatic heterocycles. The van der Waals surface area contributed by atoms with Crippen molar-refractivity contribution in [1.29, 1.82) is 0 Å². The second-order valence-electron chi connectivity index (χ2n) is 8.06. The van der Waals surface area contributed by atoms with E-state index in [4.69, 9.17) is 14.2 Å². The number of amides is 2. The van der Waals surface area contributed by atoms with Crippen molar-refractivity contribution in [2.75, 3.05) is 19.0 Å². The summed E-state index contributed by atoms with van der Waals surface area (Å²) >= 11 is 0. The van der Waals surface area contributed by atoms with Crippen molar-refractivity contribution in [2.24, 2.45) is 0 Å². The normalized spacial score (nSPS) is 11.2. The van der Waals surface area contributed by atoms with E-state index in [2.05, 4.69) is 10.6 Å². The van der Waals surface area contributed by atoms with E-state index in [0.29, 0.717) is 23.6 Å². The number of methoxy groups -OCH3 is 1. The summed E-state index contributed by atoms with van der Waals surface area (Å²) in [6.45, 7) is 1.50. The zero-order valence-electron chi connectivity index (χ0n) is 20.4. The maximum Gasteiger partial charge on any atom is 0.306 e. The van der Waals surface area contributed by atoms with E-state index in [-0.39, 0.29) is 37.3 Å². The highest BCUT2D eigenvalue weighted by atomic mass is 16.5. The van der Waals surface area contributed by atoms with E-state index in [0.717, 1.165) is 11.3 Å². The van der Waals surface area contributed by atoms with E-state index in [9.17, 15) is 14.4 Å². The molecule has 0 aliphatic heterocycles. The molecule has 188 valence electrons. The quantitative estimate of drug-likeness (QED) is 0.346. The van der Waals surface area contributed by atoms with Crippen LogP contribution in [-0.2, 0) is 19.1 Å². The molecule has 8 heteroatoms. The zero-order valence-corrected chi connectivity index (χ0v) is 20.4. The molecule has 3 rings (SSSR count). The molecule has 8 nitrogen and oxygen atoms in total. The maximum atomic E-state index is 12.2. The zero-order chi connectivity index (χ0) is 25.8. The van der Waals surface area contributed by atoms with Crippen LogP contribution in [0.25, 0.3) is 0 Å². The van der Waals surface area contributed by atoms with Crippen LogP contribution in [-0.4, -0.2) is 31.5 Å². The minimum atomic E-state index is -0.523. The Labute approximate surface area is 210 Å². The van der Waals surface area contributed by atoms with Crippen molar-refractivity contribution in [3.05, 3.63) is 84.4 Å². The van der Waals surface area contributed by atoms with E-state index < -0.39 is 5.97 Å². The van der Waals surface area contributed by atoms with Crippen molar-refractivity contribution in [2.45, 2.75) is 32.2 Å². The number of esters is 1. The lowest BCUT2D eigenvalue weighted by atomic mass is 10.1. The van der Waals surface area contributed by atoms with Gasteiger partial charge in [0.1, 0.15) is 17.2 Å². The molecular formula is C28H30N2O6. The first-order valence-corrected chi connectivity index (χ1v) is 11.6. The lowest BCUT2D eigenvalue weighted by Crippen LogP contribution is -2.31. The summed E-state index contributed by atoms with van der Waals surface area (Å²) in [6.07, 6.45) is 0.505. The van der Waals surface area contributed by atoms with Crippen molar-refractivity contribution in [3.63, 3.8) is 0 Å². The van der Waals surface area contributed by atoms with Gasteiger partial charge in [0.2, 0.25) is 5.91 Å². The van der Waals surface area contributed by atoms with Crippen molar-refractivity contribution in [1.82, 2.24) is 5.32 Å². The molecule has 0 saturated heterocycles. The predicted molar refractivity (Wildman–Crippen MR) is 136 cm³/mol. The van der Waals surface area contributed by atoms with Gasteiger partial charge >= 0.3 is 5.97 Å². The van der Waals surface area contributed by atoms with E-state index in [1.54, 1.807) is 55.6 Å². The Morgan fingerprint density at radius 1 is 0.778 bits per heavy atom. The Kier molecular flexibility index (Phi) is 9.88. The third-order valence-corrected chi connectivity index (χ3v) is 5.26. The van der Waals surface area contributed by atoms with Crippen LogP contribution in [0.3, 0.4) is 0 Å². The number of ether oxygens (including phenoxy) is 3. The van der Waals surface area contributed by atoms with E-state index in [1.807, 2.05) is 37.3 Å². The van der Waals surface area contributed by atoms with Crippen LogP contribution >= 0.6 is 0 Å². The van der Waals surface area contributed by atoms with Crippen molar-refractivity contribution < 1.29 is 28.6 Å². The lowest BCUT2D eigenvalue weighted by molar-refractivity contribution is -0.148. The monoisotopic (exact) mass is 490 g/mol. The van der Waals surface area contributed by atoms with E-state index in [1.165, 1.54) is 0 Å². The molecule has 3 aromatic carbocycles. The minimum absolute atomic E-state index is 0.0452. The average Bonchev–Trinajstić information content (AvgIpc) is 2.89. The predicted octanol–water partition coefficient (Wildman–Crippen LogP) is 5.02. The van der Waals surface area contributed by atoms with Crippen LogP contribution in [0.4, 0.5) is 5.69 Å². The number of carbonyl (C=O) groups is 3. The van der Waals surface area contributed by atoms with Gasteiger partial charge in [-0.25, -0.2) is 0 Å². The Morgan fingerprint density at radius 2 is 1.39 bits per heavy atom. The number of hydrogen-bond donors (Lipinski definition) is 2. The molecule has 0 spiro atoms. The molecule has 0 bridgehead atoms. The number of hydrogen-bond acceptors (Lipinski definition) is 6. The summed E-state index contributed by atoms with van der Waals surface area (Å²) < 4.78 is 15.9. The fourth-order valence-corrected chi connectivity index (χ4v) is 3.33. The van der Waals surface area contributed by atoms with Gasteiger partial charge in [-0.2, -0.15) is 0 Å². The van der Waals surface area contributed by atoms with Gasteiger partial charge in [-0.3, -0.25) is 14.4 Å². The van der Waals surface area contributed by atoms with Gasteiger partial charge in [0.15, 0.2) is 6.61 Å². The summed E-state index contributed by atoms with van der Waals surface area (Å²) in [6, 6.07) is 23.5. The van der Waals surface area contributed by atoms with Gasteiger partial charge < -0.3 is 24.8 Å². The van der Waals surface area contributed by atoms with Gasteiger partial charge in [-0.1, -0.05) is 30.3 Å². The SMILES string of the molecule is COc1ccc(Oc2ccc(NC(=O)CCCC(=O)OCC(=O)N[C@H](C)c3ccccc3)cc2)cc1. The first-order valence-electron chi connectivity index (χ1n) is 11.6. The summed E-state index contributed by atoms with van der Waals surface area (Å²) in [5.74, 6) is 0.918. The molecule has 0 fully saturated rings. The Balaban J connectivity index is 1.31. The van der Waals surface area contributed by atoms with E-state index >= 15 is 0 Å². The fourth-order valence-electron chi connectivity index (χ4n) is 3.33. The number of carbonyl (C=O) groups excluding carboxylic acids is 3. The van der Waals surface area contributed by atoms with Crippen molar-refractivity contribution in [3.8, 4) is 17.2 Å². The lowest BCUT2D eigenvalue weighted by Gasteiger charge is -2.14. The number of anilines is 1. The number of rotatable bonds is 12. The van der Waals surface area contributed by atoms with Gasteiger partial charge in [-0.05, 0) is 67.4 Å². The molecular weight excluding hydrogens is 460 g/mol. The molecule has 36 heavy (non-hydrogen) atoms.